The van der Waals surface area contributed by atoms with Gasteiger partial charge in [-0.15, -0.1) is 0 Å². The van der Waals surface area contributed by atoms with Crippen molar-refractivity contribution in [2.24, 2.45) is 0 Å². The van der Waals surface area contributed by atoms with Gasteiger partial charge in [0.25, 0.3) is 5.91 Å². The van der Waals surface area contributed by atoms with Crippen LogP contribution in [-0.2, 0) is 0 Å². The average Bonchev–Trinajstić information content (AvgIpc) is 2.50. The van der Waals surface area contributed by atoms with Crippen LogP contribution in [0.4, 0.5) is 0 Å². The zero-order chi connectivity index (χ0) is 15.1. The van der Waals surface area contributed by atoms with Gasteiger partial charge >= 0.3 is 0 Å². The van der Waals surface area contributed by atoms with Crippen molar-refractivity contribution in [2.75, 3.05) is 19.7 Å². The molecule has 4 heteroatoms. The number of nitrogens with one attached hydrogen (secondary N) is 1. The quantitative estimate of drug-likeness (QED) is 0.834. The van der Waals surface area contributed by atoms with Crippen molar-refractivity contribution in [1.82, 2.24) is 10.4 Å². The number of carbonyl (C=O) groups excluding carboxylic acids is 1. The van der Waals surface area contributed by atoms with E-state index in [1.165, 1.54) is 6.42 Å². The minimum Gasteiger partial charge on any atom is -0.395 e. The Morgan fingerprint density at radius 2 is 2.10 bits per heavy atom. The zero-order valence-corrected chi connectivity index (χ0v) is 12.5. The molecule has 0 bridgehead atoms. The van der Waals surface area contributed by atoms with Crippen molar-refractivity contribution >= 4 is 5.91 Å². The van der Waals surface area contributed by atoms with Crippen molar-refractivity contribution in [1.29, 1.82) is 0 Å². The summed E-state index contributed by atoms with van der Waals surface area (Å²) in [5.74, 6) is 5.78. The number of amides is 1. The Bertz CT molecular complexity index is 552. The number of hydrazine groups is 1. The monoisotopic (exact) mass is 286 g/mol. The van der Waals surface area contributed by atoms with E-state index < -0.39 is 0 Å². The summed E-state index contributed by atoms with van der Waals surface area (Å²) in [4.78, 5) is 12.4. The van der Waals surface area contributed by atoms with E-state index in [1.54, 1.807) is 0 Å². The number of aliphatic hydroxyl groups is 1. The second kappa shape index (κ2) is 7.82. The Labute approximate surface area is 126 Å². The SMILES string of the molecule is Cc1ccc(C#CCCO)cc1C(=O)NN1CCCCC1. The second-order valence-electron chi connectivity index (χ2n) is 5.29. The Morgan fingerprint density at radius 1 is 1.33 bits per heavy atom. The summed E-state index contributed by atoms with van der Waals surface area (Å²) in [6.07, 6.45) is 3.95. The number of benzene rings is 1. The van der Waals surface area contributed by atoms with Crippen LogP contribution in [-0.4, -0.2) is 35.7 Å². The summed E-state index contributed by atoms with van der Waals surface area (Å²) < 4.78 is 0. The van der Waals surface area contributed by atoms with Gasteiger partial charge < -0.3 is 5.11 Å². The lowest BCUT2D eigenvalue weighted by Gasteiger charge is -2.27. The molecule has 1 heterocycles. The number of hydrogen-bond donors (Lipinski definition) is 2. The van der Waals surface area contributed by atoms with Gasteiger partial charge in [0, 0.05) is 30.6 Å². The van der Waals surface area contributed by atoms with E-state index in [1.807, 2.05) is 30.1 Å². The van der Waals surface area contributed by atoms with E-state index in [9.17, 15) is 4.79 Å². The highest BCUT2D eigenvalue weighted by molar-refractivity contribution is 5.95. The minimum atomic E-state index is -0.0693. The highest BCUT2D eigenvalue weighted by atomic mass is 16.2. The van der Waals surface area contributed by atoms with E-state index in [4.69, 9.17) is 5.11 Å². The smallest absolute Gasteiger partial charge is 0.265 e. The molecule has 112 valence electrons. The molecule has 0 atom stereocenters. The summed E-state index contributed by atoms with van der Waals surface area (Å²) in [6.45, 7) is 3.82. The summed E-state index contributed by atoms with van der Waals surface area (Å²) in [7, 11) is 0. The van der Waals surface area contributed by atoms with Crippen molar-refractivity contribution in [3.63, 3.8) is 0 Å². The Morgan fingerprint density at radius 3 is 2.81 bits per heavy atom. The number of carbonyl (C=O) groups is 1. The fraction of sp³-hybridized carbons (Fsp3) is 0.471. The molecule has 21 heavy (non-hydrogen) atoms. The summed E-state index contributed by atoms with van der Waals surface area (Å²) in [6, 6.07) is 5.63. The summed E-state index contributed by atoms with van der Waals surface area (Å²) >= 11 is 0. The average molecular weight is 286 g/mol. The van der Waals surface area contributed by atoms with Crippen LogP contribution in [0.25, 0.3) is 0 Å². The summed E-state index contributed by atoms with van der Waals surface area (Å²) in [5.41, 5.74) is 5.39. The van der Waals surface area contributed by atoms with Crippen molar-refractivity contribution in [3.05, 3.63) is 34.9 Å². The lowest BCUT2D eigenvalue weighted by atomic mass is 10.0. The van der Waals surface area contributed by atoms with Crippen LogP contribution in [0.15, 0.2) is 18.2 Å². The molecule has 4 nitrogen and oxygen atoms in total. The number of nitrogens with zero attached hydrogens (tertiary/aromatic N) is 1. The molecule has 1 aliphatic rings. The maximum atomic E-state index is 12.4. The molecule has 1 fully saturated rings. The molecule has 1 amide bonds. The molecule has 1 aliphatic heterocycles. The predicted octanol–water partition coefficient (Wildman–Crippen LogP) is 1.86. The third-order valence-corrected chi connectivity index (χ3v) is 3.57. The largest absolute Gasteiger partial charge is 0.395 e. The maximum Gasteiger partial charge on any atom is 0.265 e. The first-order valence-corrected chi connectivity index (χ1v) is 7.47. The van der Waals surface area contributed by atoms with Gasteiger partial charge in [-0.2, -0.15) is 0 Å². The van der Waals surface area contributed by atoms with E-state index in [2.05, 4.69) is 17.3 Å². The maximum absolute atomic E-state index is 12.4. The third kappa shape index (κ3) is 4.59. The molecule has 0 radical (unpaired) electrons. The molecular formula is C17H22N2O2. The molecule has 2 rings (SSSR count). The first-order valence-electron chi connectivity index (χ1n) is 7.47. The zero-order valence-electron chi connectivity index (χ0n) is 12.5. The number of hydrogen-bond acceptors (Lipinski definition) is 3. The molecule has 1 aromatic carbocycles. The van der Waals surface area contributed by atoms with Crippen molar-refractivity contribution in [2.45, 2.75) is 32.6 Å². The van der Waals surface area contributed by atoms with Crippen LogP contribution in [0, 0.1) is 18.8 Å². The first-order chi connectivity index (χ1) is 10.2. The first kappa shape index (κ1) is 15.6. The Kier molecular flexibility index (Phi) is 5.79. The molecule has 0 saturated carbocycles. The van der Waals surface area contributed by atoms with Gasteiger partial charge in [0.1, 0.15) is 0 Å². The van der Waals surface area contributed by atoms with Gasteiger partial charge in [0.2, 0.25) is 0 Å². The van der Waals surface area contributed by atoms with Crippen molar-refractivity contribution < 1.29 is 9.90 Å². The lowest BCUT2D eigenvalue weighted by molar-refractivity contribution is 0.0749. The van der Waals surface area contributed by atoms with Crippen LogP contribution in [0.3, 0.4) is 0 Å². The second-order valence-corrected chi connectivity index (χ2v) is 5.29. The Hall–Kier alpha value is -1.83. The van der Waals surface area contributed by atoms with Gasteiger partial charge in [-0.3, -0.25) is 10.2 Å². The van der Waals surface area contributed by atoms with Crippen LogP contribution >= 0.6 is 0 Å². The van der Waals surface area contributed by atoms with E-state index >= 15 is 0 Å². The molecule has 0 aromatic heterocycles. The highest BCUT2D eigenvalue weighted by Crippen LogP contribution is 2.12. The molecule has 0 unspecified atom stereocenters. The van der Waals surface area contributed by atoms with Crippen LogP contribution < -0.4 is 5.43 Å². The van der Waals surface area contributed by atoms with E-state index in [-0.39, 0.29) is 12.5 Å². The Balaban J connectivity index is 2.08. The van der Waals surface area contributed by atoms with E-state index in [0.717, 1.165) is 37.1 Å². The minimum absolute atomic E-state index is 0.0567. The van der Waals surface area contributed by atoms with Crippen LogP contribution in [0.2, 0.25) is 0 Å². The van der Waals surface area contributed by atoms with Gasteiger partial charge in [-0.1, -0.05) is 24.3 Å². The topological polar surface area (TPSA) is 52.6 Å². The fourth-order valence-electron chi connectivity index (χ4n) is 2.37. The number of piperidine rings is 1. The number of rotatable bonds is 3. The lowest BCUT2D eigenvalue weighted by Crippen LogP contribution is -2.45. The van der Waals surface area contributed by atoms with Gasteiger partial charge in [0.05, 0.1) is 6.61 Å². The van der Waals surface area contributed by atoms with Crippen LogP contribution in [0.1, 0.15) is 47.2 Å². The van der Waals surface area contributed by atoms with Crippen LogP contribution in [0.5, 0.6) is 0 Å². The molecule has 0 aliphatic carbocycles. The predicted molar refractivity (Wildman–Crippen MR) is 82.7 cm³/mol. The van der Waals surface area contributed by atoms with Crippen molar-refractivity contribution in [3.8, 4) is 11.8 Å². The highest BCUT2D eigenvalue weighted by Gasteiger charge is 2.15. The molecule has 0 spiro atoms. The standard InChI is InChI=1S/C17H22N2O2/c1-14-8-9-15(7-3-6-12-20)13-16(14)17(21)18-19-10-4-2-5-11-19/h8-9,13,20H,2,4-6,10-12H2,1H3,(H,18,21). The number of aryl methyl sites for hydroxylation is 1. The third-order valence-electron chi connectivity index (χ3n) is 3.57. The normalized spacial score (nSPS) is 15.1. The van der Waals surface area contributed by atoms with Gasteiger partial charge in [-0.05, 0) is 37.5 Å². The molecular weight excluding hydrogens is 264 g/mol. The summed E-state index contributed by atoms with van der Waals surface area (Å²) in [5, 5.41) is 10.7. The molecule has 1 aromatic rings. The van der Waals surface area contributed by atoms with E-state index in [0.29, 0.717) is 12.0 Å². The number of aliphatic hydroxyl groups excluding tert-OH is 1. The molecule has 2 N–H and O–H groups in total. The van der Waals surface area contributed by atoms with Gasteiger partial charge in [-0.25, -0.2) is 5.01 Å². The fourth-order valence-corrected chi connectivity index (χ4v) is 2.37. The molecule has 1 saturated heterocycles. The van der Waals surface area contributed by atoms with Gasteiger partial charge in [0.15, 0.2) is 0 Å².